The van der Waals surface area contributed by atoms with Gasteiger partial charge in [0.15, 0.2) is 0 Å². The minimum Gasteiger partial charge on any atom is -0.305 e. The summed E-state index contributed by atoms with van der Waals surface area (Å²) >= 11 is 0. The summed E-state index contributed by atoms with van der Waals surface area (Å²) in [5.74, 6) is 0. The summed E-state index contributed by atoms with van der Waals surface area (Å²) in [6, 6.07) is 0.780. The lowest BCUT2D eigenvalue weighted by molar-refractivity contribution is 0.189. The highest BCUT2D eigenvalue weighted by Gasteiger charge is 2.27. The molecule has 0 bridgehead atoms. The Labute approximate surface area is 89.3 Å². The zero-order valence-corrected chi connectivity index (χ0v) is 10.5. The molecule has 0 saturated carbocycles. The van der Waals surface area contributed by atoms with Crippen molar-refractivity contribution in [1.82, 2.24) is 9.80 Å². The van der Waals surface area contributed by atoms with Crippen molar-refractivity contribution in [1.29, 1.82) is 0 Å². The average molecular weight is 198 g/mol. The van der Waals surface area contributed by atoms with Gasteiger partial charge in [0.1, 0.15) is 0 Å². The van der Waals surface area contributed by atoms with E-state index in [9.17, 15) is 0 Å². The van der Waals surface area contributed by atoms with Crippen molar-refractivity contribution in [2.75, 3.05) is 33.7 Å². The minimum atomic E-state index is 0.487. The molecule has 1 saturated heterocycles. The number of likely N-dealkylation sites (tertiary alicyclic amines) is 1. The predicted octanol–water partition coefficient (Wildman–Crippen LogP) is 2.06. The summed E-state index contributed by atoms with van der Waals surface area (Å²) in [5.41, 5.74) is 0.487. The van der Waals surface area contributed by atoms with Crippen LogP contribution in [-0.4, -0.2) is 49.6 Å². The van der Waals surface area contributed by atoms with Gasteiger partial charge in [-0.2, -0.15) is 0 Å². The van der Waals surface area contributed by atoms with E-state index in [0.717, 1.165) is 6.04 Å². The first-order chi connectivity index (χ1) is 6.44. The Balaban J connectivity index is 2.36. The van der Waals surface area contributed by atoms with Gasteiger partial charge >= 0.3 is 0 Å². The van der Waals surface area contributed by atoms with Crippen molar-refractivity contribution in [2.24, 2.45) is 5.41 Å². The second-order valence-electron chi connectivity index (χ2n) is 5.66. The molecule has 0 radical (unpaired) electrons. The zero-order chi connectivity index (χ0) is 10.8. The first kappa shape index (κ1) is 12.0. The highest BCUT2D eigenvalue weighted by Crippen LogP contribution is 2.24. The fourth-order valence-electron chi connectivity index (χ4n) is 2.09. The third kappa shape index (κ3) is 3.25. The van der Waals surface area contributed by atoms with Crippen LogP contribution in [0.1, 0.15) is 33.6 Å². The molecule has 0 aromatic rings. The molecule has 1 aliphatic rings. The van der Waals surface area contributed by atoms with E-state index < -0.39 is 0 Å². The summed E-state index contributed by atoms with van der Waals surface area (Å²) in [7, 11) is 4.39. The van der Waals surface area contributed by atoms with Gasteiger partial charge in [0.05, 0.1) is 0 Å². The van der Waals surface area contributed by atoms with Crippen LogP contribution in [0.2, 0.25) is 0 Å². The third-order valence-electron chi connectivity index (χ3n) is 3.59. The van der Waals surface area contributed by atoms with Gasteiger partial charge in [0, 0.05) is 19.1 Å². The fraction of sp³-hybridized carbons (Fsp3) is 1.00. The fourth-order valence-corrected chi connectivity index (χ4v) is 2.09. The molecule has 0 N–H and O–H groups in total. The molecule has 1 unspecified atom stereocenters. The van der Waals surface area contributed by atoms with Gasteiger partial charge in [-0.05, 0) is 38.9 Å². The van der Waals surface area contributed by atoms with Crippen molar-refractivity contribution >= 4 is 0 Å². The molecule has 1 aliphatic heterocycles. The Morgan fingerprint density at radius 3 is 2.43 bits per heavy atom. The van der Waals surface area contributed by atoms with E-state index in [4.69, 9.17) is 0 Å². The van der Waals surface area contributed by atoms with Gasteiger partial charge in [-0.3, -0.25) is 0 Å². The second-order valence-corrected chi connectivity index (χ2v) is 5.66. The van der Waals surface area contributed by atoms with Crippen LogP contribution in [0.4, 0.5) is 0 Å². The topological polar surface area (TPSA) is 6.48 Å². The lowest BCUT2D eigenvalue weighted by atomic mass is 9.90. The van der Waals surface area contributed by atoms with E-state index >= 15 is 0 Å². The quantitative estimate of drug-likeness (QED) is 0.682. The van der Waals surface area contributed by atoms with Crippen LogP contribution in [0.3, 0.4) is 0 Å². The van der Waals surface area contributed by atoms with Crippen LogP contribution >= 0.6 is 0 Å². The van der Waals surface area contributed by atoms with E-state index in [1.54, 1.807) is 0 Å². The molecule has 84 valence electrons. The zero-order valence-electron chi connectivity index (χ0n) is 10.5. The molecule has 1 heterocycles. The van der Waals surface area contributed by atoms with Gasteiger partial charge in [-0.15, -0.1) is 0 Å². The number of rotatable bonds is 4. The maximum atomic E-state index is 2.62. The average Bonchev–Trinajstić information content (AvgIpc) is 2.52. The minimum absolute atomic E-state index is 0.487. The second kappa shape index (κ2) is 4.63. The Morgan fingerprint density at radius 1 is 1.36 bits per heavy atom. The first-order valence-corrected chi connectivity index (χ1v) is 5.83. The molecule has 0 amide bonds. The van der Waals surface area contributed by atoms with Crippen molar-refractivity contribution < 1.29 is 0 Å². The SMILES string of the molecule is CCC(C)(C)CN1CCC(N(C)C)C1. The lowest BCUT2D eigenvalue weighted by Gasteiger charge is -2.29. The van der Waals surface area contributed by atoms with E-state index in [0.29, 0.717) is 5.41 Å². The van der Waals surface area contributed by atoms with Crippen molar-refractivity contribution in [3.63, 3.8) is 0 Å². The molecule has 1 atom stereocenters. The summed E-state index contributed by atoms with van der Waals surface area (Å²) < 4.78 is 0. The molecule has 1 fully saturated rings. The first-order valence-electron chi connectivity index (χ1n) is 5.83. The van der Waals surface area contributed by atoms with Crippen molar-refractivity contribution in [2.45, 2.75) is 39.7 Å². The molecular weight excluding hydrogens is 172 g/mol. The Kier molecular flexibility index (Phi) is 3.96. The number of hydrogen-bond acceptors (Lipinski definition) is 2. The number of hydrogen-bond donors (Lipinski definition) is 0. The Hall–Kier alpha value is -0.0800. The number of nitrogens with zero attached hydrogens (tertiary/aromatic N) is 2. The number of likely N-dealkylation sites (N-methyl/N-ethyl adjacent to an activating group) is 1. The van der Waals surface area contributed by atoms with Gasteiger partial charge < -0.3 is 9.80 Å². The largest absolute Gasteiger partial charge is 0.305 e. The summed E-state index contributed by atoms with van der Waals surface area (Å²) in [4.78, 5) is 4.98. The molecule has 0 aromatic heterocycles. The molecule has 0 aromatic carbocycles. The van der Waals surface area contributed by atoms with Crippen molar-refractivity contribution in [3.8, 4) is 0 Å². The van der Waals surface area contributed by atoms with Crippen LogP contribution < -0.4 is 0 Å². The summed E-state index contributed by atoms with van der Waals surface area (Å²) in [6.07, 6.45) is 2.61. The van der Waals surface area contributed by atoms with Crippen LogP contribution in [-0.2, 0) is 0 Å². The third-order valence-corrected chi connectivity index (χ3v) is 3.59. The Morgan fingerprint density at radius 2 is 2.00 bits per heavy atom. The van der Waals surface area contributed by atoms with Gasteiger partial charge in [0.25, 0.3) is 0 Å². The van der Waals surface area contributed by atoms with E-state index in [1.165, 1.54) is 32.5 Å². The van der Waals surface area contributed by atoms with E-state index in [1.807, 2.05) is 0 Å². The molecular formula is C12H26N2. The van der Waals surface area contributed by atoms with Gasteiger partial charge in [-0.1, -0.05) is 20.8 Å². The normalized spacial score (nSPS) is 24.9. The summed E-state index contributed by atoms with van der Waals surface area (Å²) in [5, 5.41) is 0. The molecule has 2 nitrogen and oxygen atoms in total. The molecule has 0 aliphatic carbocycles. The molecule has 1 rings (SSSR count). The van der Waals surface area contributed by atoms with Crippen LogP contribution in [0, 0.1) is 5.41 Å². The molecule has 0 spiro atoms. The van der Waals surface area contributed by atoms with E-state index in [-0.39, 0.29) is 0 Å². The lowest BCUT2D eigenvalue weighted by Crippen LogP contribution is -2.36. The summed E-state index contributed by atoms with van der Waals surface area (Å²) in [6.45, 7) is 10.8. The maximum Gasteiger partial charge on any atom is 0.0229 e. The van der Waals surface area contributed by atoms with Crippen LogP contribution in [0.5, 0.6) is 0 Å². The van der Waals surface area contributed by atoms with E-state index in [2.05, 4.69) is 44.7 Å². The van der Waals surface area contributed by atoms with Crippen LogP contribution in [0.25, 0.3) is 0 Å². The smallest absolute Gasteiger partial charge is 0.0229 e. The predicted molar refractivity (Wildman–Crippen MR) is 62.6 cm³/mol. The van der Waals surface area contributed by atoms with Gasteiger partial charge in [0.2, 0.25) is 0 Å². The molecule has 14 heavy (non-hydrogen) atoms. The standard InChI is InChI=1S/C12H26N2/c1-6-12(2,3)10-14-8-7-11(9-14)13(4)5/h11H,6-10H2,1-5H3. The monoisotopic (exact) mass is 198 g/mol. The maximum absolute atomic E-state index is 2.62. The van der Waals surface area contributed by atoms with Crippen LogP contribution in [0.15, 0.2) is 0 Å². The highest BCUT2D eigenvalue weighted by molar-refractivity contribution is 4.83. The Bertz CT molecular complexity index is 175. The molecule has 2 heteroatoms. The van der Waals surface area contributed by atoms with Gasteiger partial charge in [-0.25, -0.2) is 0 Å². The van der Waals surface area contributed by atoms with Crippen molar-refractivity contribution in [3.05, 3.63) is 0 Å². The highest BCUT2D eigenvalue weighted by atomic mass is 15.2.